The molecule has 28 heavy (non-hydrogen) atoms. The SMILES string of the molecule is c1ccc(-c2nc3c(c(N4CCC(NCc5nn[nH]n5)CC4)n2)CCC3)cc1. The number of hydrogen-bond donors (Lipinski definition) is 2. The quantitative estimate of drug-likeness (QED) is 0.702. The molecule has 1 fully saturated rings. The summed E-state index contributed by atoms with van der Waals surface area (Å²) in [6.45, 7) is 2.66. The van der Waals surface area contributed by atoms with Crippen LogP contribution >= 0.6 is 0 Å². The van der Waals surface area contributed by atoms with Crippen LogP contribution in [0.25, 0.3) is 11.4 Å². The van der Waals surface area contributed by atoms with Crippen LogP contribution in [0, 0.1) is 0 Å². The molecule has 2 N–H and O–H groups in total. The summed E-state index contributed by atoms with van der Waals surface area (Å²) in [5.74, 6) is 2.72. The number of rotatable bonds is 5. The predicted octanol–water partition coefficient (Wildman–Crippen LogP) is 1.90. The van der Waals surface area contributed by atoms with Gasteiger partial charge in [0.1, 0.15) is 5.82 Å². The average Bonchev–Trinajstić information content (AvgIpc) is 3.44. The standard InChI is InChI=1S/C20H24N8/c1-2-5-14(6-3-1)19-22-17-8-4-7-16(17)20(23-19)28-11-9-15(10-12-28)21-13-18-24-26-27-25-18/h1-3,5-6,15,21H,4,7-13H2,(H,24,25,26,27). The van der Waals surface area contributed by atoms with Gasteiger partial charge < -0.3 is 10.2 Å². The van der Waals surface area contributed by atoms with Gasteiger partial charge >= 0.3 is 0 Å². The molecule has 0 spiro atoms. The zero-order chi connectivity index (χ0) is 18.8. The lowest BCUT2D eigenvalue weighted by molar-refractivity contribution is 0.408. The smallest absolute Gasteiger partial charge is 0.188 e. The van der Waals surface area contributed by atoms with Crippen molar-refractivity contribution in [2.24, 2.45) is 0 Å². The summed E-state index contributed by atoms with van der Waals surface area (Å²) >= 11 is 0. The predicted molar refractivity (Wildman–Crippen MR) is 106 cm³/mol. The Bertz CT molecular complexity index is 917. The fraction of sp³-hybridized carbons (Fsp3) is 0.450. The fourth-order valence-electron chi connectivity index (χ4n) is 4.18. The van der Waals surface area contributed by atoms with Crippen LogP contribution in [0.5, 0.6) is 0 Å². The number of anilines is 1. The molecule has 5 rings (SSSR count). The summed E-state index contributed by atoms with van der Waals surface area (Å²) in [4.78, 5) is 12.3. The Morgan fingerprint density at radius 3 is 2.71 bits per heavy atom. The van der Waals surface area contributed by atoms with E-state index in [0.29, 0.717) is 18.4 Å². The van der Waals surface area contributed by atoms with E-state index in [1.807, 2.05) is 18.2 Å². The minimum atomic E-state index is 0.471. The van der Waals surface area contributed by atoms with Gasteiger partial charge in [0.2, 0.25) is 0 Å². The minimum Gasteiger partial charge on any atom is -0.356 e. The van der Waals surface area contributed by atoms with E-state index in [1.54, 1.807) is 0 Å². The van der Waals surface area contributed by atoms with E-state index in [-0.39, 0.29) is 0 Å². The Morgan fingerprint density at radius 2 is 1.93 bits per heavy atom. The maximum atomic E-state index is 5.01. The van der Waals surface area contributed by atoms with Crippen molar-refractivity contribution in [3.05, 3.63) is 47.4 Å². The Morgan fingerprint density at radius 1 is 1.07 bits per heavy atom. The summed E-state index contributed by atoms with van der Waals surface area (Å²) in [7, 11) is 0. The molecule has 0 saturated carbocycles. The lowest BCUT2D eigenvalue weighted by atomic mass is 10.0. The highest BCUT2D eigenvalue weighted by atomic mass is 15.5. The van der Waals surface area contributed by atoms with Crippen LogP contribution in [0.2, 0.25) is 0 Å². The number of aromatic nitrogens is 6. The van der Waals surface area contributed by atoms with Gasteiger partial charge in [-0.2, -0.15) is 5.21 Å². The molecule has 0 unspecified atom stereocenters. The molecule has 3 aromatic rings. The first-order valence-corrected chi connectivity index (χ1v) is 10.0. The molecule has 0 bridgehead atoms. The van der Waals surface area contributed by atoms with Crippen molar-refractivity contribution in [3.8, 4) is 11.4 Å². The zero-order valence-corrected chi connectivity index (χ0v) is 15.8. The number of nitrogens with one attached hydrogen (secondary N) is 2. The van der Waals surface area contributed by atoms with Crippen LogP contribution in [0.15, 0.2) is 30.3 Å². The van der Waals surface area contributed by atoms with Gasteiger partial charge in [-0.05, 0) is 32.1 Å². The second-order valence-corrected chi connectivity index (χ2v) is 7.49. The zero-order valence-electron chi connectivity index (χ0n) is 15.8. The van der Waals surface area contributed by atoms with Crippen molar-refractivity contribution < 1.29 is 0 Å². The van der Waals surface area contributed by atoms with Crippen molar-refractivity contribution >= 4 is 5.82 Å². The maximum Gasteiger partial charge on any atom is 0.188 e. The van der Waals surface area contributed by atoms with E-state index < -0.39 is 0 Å². The van der Waals surface area contributed by atoms with Crippen LogP contribution in [0.3, 0.4) is 0 Å². The van der Waals surface area contributed by atoms with E-state index in [1.165, 1.54) is 17.7 Å². The average molecular weight is 376 g/mol. The molecular formula is C20H24N8. The molecule has 144 valence electrons. The molecule has 0 amide bonds. The van der Waals surface area contributed by atoms with Gasteiger partial charge in [0.15, 0.2) is 11.6 Å². The number of aromatic amines is 1. The van der Waals surface area contributed by atoms with Crippen molar-refractivity contribution in [2.45, 2.75) is 44.7 Å². The summed E-state index contributed by atoms with van der Waals surface area (Å²) in [5, 5.41) is 17.7. The second-order valence-electron chi connectivity index (χ2n) is 7.49. The van der Waals surface area contributed by atoms with E-state index in [2.05, 4.69) is 43.0 Å². The van der Waals surface area contributed by atoms with Crippen LogP contribution in [-0.2, 0) is 19.4 Å². The van der Waals surface area contributed by atoms with Crippen molar-refractivity contribution in [3.63, 3.8) is 0 Å². The third-order valence-corrected chi connectivity index (χ3v) is 5.68. The summed E-state index contributed by atoms with van der Waals surface area (Å²) in [5.41, 5.74) is 3.69. The minimum absolute atomic E-state index is 0.471. The van der Waals surface area contributed by atoms with Crippen molar-refractivity contribution in [1.82, 2.24) is 35.9 Å². The molecular weight excluding hydrogens is 352 g/mol. The second kappa shape index (κ2) is 7.63. The Hall–Kier alpha value is -2.87. The normalized spacial score (nSPS) is 17.1. The van der Waals surface area contributed by atoms with Crippen LogP contribution in [0.4, 0.5) is 5.82 Å². The third-order valence-electron chi connectivity index (χ3n) is 5.68. The largest absolute Gasteiger partial charge is 0.356 e. The number of aryl methyl sites for hydroxylation is 1. The highest BCUT2D eigenvalue weighted by Crippen LogP contribution is 2.32. The summed E-state index contributed by atoms with van der Waals surface area (Å²) in [6.07, 6.45) is 5.50. The lowest BCUT2D eigenvalue weighted by Gasteiger charge is -2.34. The maximum absolute atomic E-state index is 5.01. The van der Waals surface area contributed by atoms with E-state index in [4.69, 9.17) is 9.97 Å². The Balaban J connectivity index is 1.32. The first-order chi connectivity index (χ1) is 13.9. The van der Waals surface area contributed by atoms with Gasteiger partial charge in [0.05, 0.1) is 6.54 Å². The Labute approximate surface area is 163 Å². The van der Waals surface area contributed by atoms with Gasteiger partial charge in [0.25, 0.3) is 0 Å². The number of H-pyrrole nitrogens is 1. The van der Waals surface area contributed by atoms with Gasteiger partial charge in [0, 0.05) is 36.0 Å². The van der Waals surface area contributed by atoms with E-state index in [9.17, 15) is 0 Å². The first kappa shape index (κ1) is 17.2. The van der Waals surface area contributed by atoms with Gasteiger partial charge in [-0.3, -0.25) is 0 Å². The van der Waals surface area contributed by atoms with Crippen molar-refractivity contribution in [2.75, 3.05) is 18.0 Å². The number of fused-ring (bicyclic) bond motifs is 1. The van der Waals surface area contributed by atoms with Crippen LogP contribution < -0.4 is 10.2 Å². The molecule has 3 heterocycles. The van der Waals surface area contributed by atoms with Gasteiger partial charge in [-0.15, -0.1) is 10.2 Å². The van der Waals surface area contributed by atoms with Crippen LogP contribution in [-0.4, -0.2) is 49.7 Å². The molecule has 1 aliphatic carbocycles. The molecule has 2 aromatic heterocycles. The van der Waals surface area contributed by atoms with E-state index in [0.717, 1.165) is 56.0 Å². The highest BCUT2D eigenvalue weighted by molar-refractivity contribution is 5.61. The first-order valence-electron chi connectivity index (χ1n) is 10.0. The molecule has 0 radical (unpaired) electrons. The van der Waals surface area contributed by atoms with Crippen LogP contribution in [0.1, 0.15) is 36.3 Å². The molecule has 1 saturated heterocycles. The summed E-state index contributed by atoms with van der Waals surface area (Å²) < 4.78 is 0. The fourth-order valence-corrected chi connectivity index (χ4v) is 4.18. The monoisotopic (exact) mass is 376 g/mol. The van der Waals surface area contributed by atoms with E-state index >= 15 is 0 Å². The number of piperidine rings is 1. The highest BCUT2D eigenvalue weighted by Gasteiger charge is 2.26. The summed E-state index contributed by atoms with van der Waals surface area (Å²) in [6, 6.07) is 10.8. The molecule has 8 nitrogen and oxygen atoms in total. The van der Waals surface area contributed by atoms with Crippen molar-refractivity contribution in [1.29, 1.82) is 0 Å². The third kappa shape index (κ3) is 3.47. The number of tetrazole rings is 1. The van der Waals surface area contributed by atoms with Gasteiger partial charge in [-0.1, -0.05) is 35.5 Å². The topological polar surface area (TPSA) is 95.5 Å². The number of hydrogen-bond acceptors (Lipinski definition) is 7. The van der Waals surface area contributed by atoms with Gasteiger partial charge in [-0.25, -0.2) is 9.97 Å². The molecule has 1 aromatic carbocycles. The molecule has 8 heteroatoms. The number of nitrogens with zero attached hydrogens (tertiary/aromatic N) is 6. The Kier molecular flexibility index (Phi) is 4.70. The molecule has 1 aliphatic heterocycles. The number of benzene rings is 1. The lowest BCUT2D eigenvalue weighted by Crippen LogP contribution is -2.43. The molecule has 0 atom stereocenters. The molecule has 2 aliphatic rings.